The number of quaternary nitrogens is 1. The summed E-state index contributed by atoms with van der Waals surface area (Å²) in [5, 5.41) is 14.2. The van der Waals surface area contributed by atoms with E-state index in [1.54, 1.807) is 41.8 Å². The molecule has 31 heavy (non-hydrogen) atoms. The zero-order valence-electron chi connectivity index (χ0n) is 16.2. The molecular weight excluding hydrogens is 451 g/mol. The summed E-state index contributed by atoms with van der Waals surface area (Å²) in [6.45, 7) is 1.40. The lowest BCUT2D eigenvalue weighted by Gasteiger charge is -2.44. The third-order valence-electron chi connectivity index (χ3n) is 4.87. The van der Waals surface area contributed by atoms with Crippen molar-refractivity contribution in [2.45, 2.75) is 17.1 Å². The van der Waals surface area contributed by atoms with Gasteiger partial charge in [0, 0.05) is 0 Å². The Labute approximate surface area is 183 Å². The summed E-state index contributed by atoms with van der Waals surface area (Å²) < 4.78 is 57.5. The Balaban J connectivity index is 1.57. The van der Waals surface area contributed by atoms with Crippen LogP contribution in [0.1, 0.15) is 11.3 Å². The van der Waals surface area contributed by atoms with E-state index in [0.29, 0.717) is 42.4 Å². The number of thiophene rings is 1. The average Bonchev–Trinajstić information content (AvgIpc) is 3.29. The van der Waals surface area contributed by atoms with Gasteiger partial charge in [-0.3, -0.25) is 4.21 Å². The molecule has 6 nitrogen and oxygen atoms in total. The van der Waals surface area contributed by atoms with E-state index in [0.717, 1.165) is 6.07 Å². The Hall–Kier alpha value is -2.18. The first kappa shape index (κ1) is 22.0. The van der Waals surface area contributed by atoms with E-state index in [-0.39, 0.29) is 16.6 Å². The van der Waals surface area contributed by atoms with E-state index in [4.69, 9.17) is 4.74 Å². The highest BCUT2D eigenvalue weighted by Crippen LogP contribution is 2.32. The second-order valence-electron chi connectivity index (χ2n) is 7.00. The van der Waals surface area contributed by atoms with E-state index in [1.165, 1.54) is 11.3 Å². The number of alkyl halides is 3. The lowest BCUT2D eigenvalue weighted by atomic mass is 10.2. The zero-order valence-corrected chi connectivity index (χ0v) is 17.8. The zero-order chi connectivity index (χ0) is 22.1. The first-order valence-corrected chi connectivity index (χ1v) is 11.6. The van der Waals surface area contributed by atoms with Gasteiger partial charge in [0.2, 0.25) is 5.16 Å². The molecule has 0 amide bonds. The van der Waals surface area contributed by atoms with Crippen molar-refractivity contribution in [2.24, 2.45) is 0 Å². The molecule has 1 aliphatic rings. The molecule has 3 heterocycles. The lowest BCUT2D eigenvalue weighted by Crippen LogP contribution is -2.51. The number of benzene rings is 1. The Bertz CT molecular complexity index is 1070. The van der Waals surface area contributed by atoms with Crippen LogP contribution in [-0.2, 0) is 27.5 Å². The van der Waals surface area contributed by atoms with Crippen molar-refractivity contribution in [3.63, 3.8) is 0 Å². The number of nitrogens with zero attached hydrogens (tertiary/aromatic N) is 3. The minimum absolute atomic E-state index is 0.0621. The van der Waals surface area contributed by atoms with Crippen molar-refractivity contribution in [3.8, 4) is 10.6 Å². The van der Waals surface area contributed by atoms with Gasteiger partial charge >= 0.3 is 6.18 Å². The highest BCUT2D eigenvalue weighted by Gasteiger charge is 2.34. The fraction of sp³-hybridized carbons (Fsp3) is 0.300. The summed E-state index contributed by atoms with van der Waals surface area (Å²) in [5.41, 5.74) is 0.129. The smallest absolute Gasteiger partial charge is 0.433 e. The van der Waals surface area contributed by atoms with Gasteiger partial charge in [0.05, 0.1) is 40.3 Å². The van der Waals surface area contributed by atoms with Gasteiger partial charge in [-0.05, 0) is 35.2 Å². The standard InChI is InChI=1S/C20H18F3N3O3S2/c21-20(22,23)18-12-16(17-2-1-11-30-17)24-19(25-18)31(28)13-14-3-5-15(6-4-14)26(27)7-9-29-10-8-26/h1-6,11-12H,7-10,13H2. The Morgan fingerprint density at radius 3 is 2.45 bits per heavy atom. The predicted molar refractivity (Wildman–Crippen MR) is 113 cm³/mol. The average molecular weight is 470 g/mol. The molecule has 1 unspecified atom stereocenters. The predicted octanol–water partition coefficient (Wildman–Crippen LogP) is 4.37. The van der Waals surface area contributed by atoms with Gasteiger partial charge in [0.15, 0.2) is 0 Å². The third kappa shape index (κ3) is 5.01. The van der Waals surface area contributed by atoms with Gasteiger partial charge in [0.25, 0.3) is 0 Å². The molecule has 1 atom stereocenters. The van der Waals surface area contributed by atoms with E-state index >= 15 is 0 Å². The van der Waals surface area contributed by atoms with Crippen LogP contribution in [0.5, 0.6) is 0 Å². The number of morpholine rings is 1. The molecule has 1 aromatic carbocycles. The molecule has 0 radical (unpaired) electrons. The molecule has 164 valence electrons. The first-order chi connectivity index (χ1) is 14.7. The maximum atomic E-state index is 13.3. The maximum absolute atomic E-state index is 13.3. The monoisotopic (exact) mass is 469 g/mol. The minimum Gasteiger partial charge on any atom is -0.627 e. The Kier molecular flexibility index (Phi) is 6.22. The molecule has 3 aromatic rings. The van der Waals surface area contributed by atoms with Crippen molar-refractivity contribution in [3.05, 3.63) is 64.3 Å². The molecule has 0 aliphatic carbocycles. The molecule has 0 saturated carbocycles. The summed E-state index contributed by atoms with van der Waals surface area (Å²) in [4.78, 5) is 8.17. The molecule has 1 aliphatic heterocycles. The van der Waals surface area contributed by atoms with Crippen molar-refractivity contribution < 1.29 is 22.1 Å². The van der Waals surface area contributed by atoms with Crippen LogP contribution in [-0.4, -0.2) is 40.5 Å². The summed E-state index contributed by atoms with van der Waals surface area (Å²) >= 11 is 1.24. The molecule has 0 bridgehead atoms. The Morgan fingerprint density at radius 1 is 1.13 bits per heavy atom. The van der Waals surface area contributed by atoms with Crippen molar-refractivity contribution in [1.29, 1.82) is 0 Å². The number of hydrogen-bond donors (Lipinski definition) is 0. The van der Waals surface area contributed by atoms with Crippen LogP contribution in [0.25, 0.3) is 10.6 Å². The van der Waals surface area contributed by atoms with Crippen LogP contribution in [0.4, 0.5) is 18.9 Å². The highest BCUT2D eigenvalue weighted by molar-refractivity contribution is 7.84. The van der Waals surface area contributed by atoms with Gasteiger partial charge in [-0.1, -0.05) is 18.2 Å². The quantitative estimate of drug-likeness (QED) is 0.315. The van der Waals surface area contributed by atoms with Crippen LogP contribution < -0.4 is 4.65 Å². The highest BCUT2D eigenvalue weighted by atomic mass is 32.2. The van der Waals surface area contributed by atoms with E-state index in [9.17, 15) is 22.6 Å². The third-order valence-corrected chi connectivity index (χ3v) is 6.95. The molecule has 1 fully saturated rings. The molecule has 1 saturated heterocycles. The summed E-state index contributed by atoms with van der Waals surface area (Å²) in [6.07, 6.45) is -4.68. The van der Waals surface area contributed by atoms with Gasteiger partial charge in [-0.15, -0.1) is 11.3 Å². The Morgan fingerprint density at radius 2 is 1.84 bits per heavy atom. The van der Waals surface area contributed by atoms with Crippen LogP contribution >= 0.6 is 11.3 Å². The largest absolute Gasteiger partial charge is 0.627 e. The number of hydrogen-bond acceptors (Lipinski definition) is 6. The number of rotatable bonds is 5. The van der Waals surface area contributed by atoms with Gasteiger partial charge in [0.1, 0.15) is 24.5 Å². The molecule has 11 heteroatoms. The SMILES string of the molecule is O=S(Cc1ccc([N+]2([O-])CCOCC2)cc1)c1nc(-c2cccs2)cc(C(F)(F)F)n1. The molecule has 2 aromatic heterocycles. The van der Waals surface area contributed by atoms with Crippen molar-refractivity contribution in [1.82, 2.24) is 14.6 Å². The van der Waals surface area contributed by atoms with Crippen LogP contribution in [0.2, 0.25) is 0 Å². The summed E-state index contributed by atoms with van der Waals surface area (Å²) in [5.74, 6) is -0.0621. The first-order valence-electron chi connectivity index (χ1n) is 9.38. The molecule has 0 spiro atoms. The normalized spacial score (nSPS) is 17.4. The topological polar surface area (TPSA) is 75.1 Å². The number of hydroxylamine groups is 2. The van der Waals surface area contributed by atoms with Crippen LogP contribution in [0.15, 0.2) is 53.0 Å². The summed E-state index contributed by atoms with van der Waals surface area (Å²) in [7, 11) is -1.89. The van der Waals surface area contributed by atoms with Gasteiger partial charge < -0.3 is 14.6 Å². The minimum atomic E-state index is -4.68. The number of aromatic nitrogens is 2. The molecule has 4 rings (SSSR count). The molecular formula is C20H18F3N3O3S2. The maximum Gasteiger partial charge on any atom is 0.433 e. The number of ether oxygens (including phenoxy) is 1. The second kappa shape index (κ2) is 8.75. The number of halogens is 3. The van der Waals surface area contributed by atoms with Crippen LogP contribution in [0.3, 0.4) is 0 Å². The second-order valence-corrected chi connectivity index (χ2v) is 9.29. The van der Waals surface area contributed by atoms with Gasteiger partial charge in [-0.25, -0.2) is 9.97 Å². The van der Waals surface area contributed by atoms with E-state index < -0.39 is 27.3 Å². The van der Waals surface area contributed by atoms with Crippen LogP contribution in [0, 0.1) is 5.21 Å². The van der Waals surface area contributed by atoms with Gasteiger partial charge in [-0.2, -0.15) is 13.2 Å². The lowest BCUT2D eigenvalue weighted by molar-refractivity contribution is -0.141. The van der Waals surface area contributed by atoms with Crippen molar-refractivity contribution >= 4 is 27.8 Å². The summed E-state index contributed by atoms with van der Waals surface area (Å²) in [6, 6.07) is 10.9. The molecule has 0 N–H and O–H groups in total. The fourth-order valence-corrected chi connectivity index (χ4v) is 4.91. The van der Waals surface area contributed by atoms with Crippen molar-refractivity contribution in [2.75, 3.05) is 26.3 Å². The van der Waals surface area contributed by atoms with E-state index in [1.807, 2.05) is 0 Å². The fourth-order valence-electron chi connectivity index (χ4n) is 3.20. The van der Waals surface area contributed by atoms with E-state index in [2.05, 4.69) is 9.97 Å².